The van der Waals surface area contributed by atoms with Crippen molar-refractivity contribution in [2.45, 2.75) is 32.7 Å². The van der Waals surface area contributed by atoms with Crippen molar-refractivity contribution in [2.75, 3.05) is 0 Å². The standard InChI is InChI=1S/C36H31NO3S/c1-36(2,3)27-17-14-25(15-18-27)26-16-19-30-31(22-26)37(34(35(38)39)33(30)32-13-8-20-41-32)23-24-9-7-12-29(21-24)40-28-10-5-4-6-11-28/h4-22H,23H2,1-3H3,(H,38,39). The van der Waals surface area contributed by atoms with Gasteiger partial charge >= 0.3 is 5.97 Å². The number of benzene rings is 4. The molecule has 0 spiro atoms. The molecule has 0 aliphatic carbocycles. The van der Waals surface area contributed by atoms with Crippen molar-refractivity contribution in [1.82, 2.24) is 4.57 Å². The summed E-state index contributed by atoms with van der Waals surface area (Å²) in [4.78, 5) is 13.8. The van der Waals surface area contributed by atoms with Gasteiger partial charge in [0.2, 0.25) is 0 Å². The lowest BCUT2D eigenvalue weighted by molar-refractivity contribution is 0.0687. The van der Waals surface area contributed by atoms with Gasteiger partial charge in [-0.3, -0.25) is 0 Å². The van der Waals surface area contributed by atoms with Crippen molar-refractivity contribution in [3.8, 4) is 33.1 Å². The third kappa shape index (κ3) is 5.41. The first-order chi connectivity index (χ1) is 19.8. The molecule has 0 radical (unpaired) electrons. The number of nitrogens with zero attached hydrogens (tertiary/aromatic N) is 1. The zero-order valence-corrected chi connectivity index (χ0v) is 24.1. The molecule has 4 nitrogen and oxygen atoms in total. The summed E-state index contributed by atoms with van der Waals surface area (Å²) in [7, 11) is 0. The molecule has 2 heterocycles. The number of carboxylic acid groups (broad SMARTS) is 1. The molecule has 0 aliphatic heterocycles. The van der Waals surface area contributed by atoms with E-state index in [1.54, 1.807) is 11.3 Å². The summed E-state index contributed by atoms with van der Waals surface area (Å²) in [5.74, 6) is 0.516. The van der Waals surface area contributed by atoms with Crippen LogP contribution < -0.4 is 4.74 Å². The Hall–Kier alpha value is -4.61. The number of hydrogen-bond acceptors (Lipinski definition) is 3. The molecule has 41 heavy (non-hydrogen) atoms. The second-order valence-corrected chi connectivity index (χ2v) is 12.2. The molecule has 6 aromatic rings. The Kier molecular flexibility index (Phi) is 6.98. The van der Waals surface area contributed by atoms with Crippen molar-refractivity contribution in [1.29, 1.82) is 0 Å². The maximum atomic E-state index is 12.9. The normalized spacial score (nSPS) is 11.6. The lowest BCUT2D eigenvalue weighted by Gasteiger charge is -2.19. The number of para-hydroxylation sites is 1. The molecule has 204 valence electrons. The molecule has 5 heteroatoms. The molecule has 0 saturated heterocycles. The Bertz CT molecular complexity index is 1830. The van der Waals surface area contributed by atoms with Crippen LogP contribution in [-0.2, 0) is 12.0 Å². The van der Waals surface area contributed by atoms with Crippen LogP contribution in [0.2, 0.25) is 0 Å². The number of aromatic carboxylic acids is 1. The lowest BCUT2D eigenvalue weighted by atomic mass is 9.86. The number of hydrogen-bond donors (Lipinski definition) is 1. The highest BCUT2D eigenvalue weighted by molar-refractivity contribution is 7.13. The van der Waals surface area contributed by atoms with Gasteiger partial charge in [0.15, 0.2) is 0 Å². The van der Waals surface area contributed by atoms with E-state index in [4.69, 9.17) is 4.74 Å². The van der Waals surface area contributed by atoms with Crippen LogP contribution in [0, 0.1) is 0 Å². The fourth-order valence-corrected chi connectivity index (χ4v) is 6.05. The van der Waals surface area contributed by atoms with E-state index in [2.05, 4.69) is 63.2 Å². The van der Waals surface area contributed by atoms with Crippen LogP contribution >= 0.6 is 11.3 Å². The first-order valence-corrected chi connectivity index (χ1v) is 14.5. The van der Waals surface area contributed by atoms with E-state index in [0.29, 0.717) is 12.3 Å². The summed E-state index contributed by atoms with van der Waals surface area (Å²) in [6, 6.07) is 36.4. The van der Waals surface area contributed by atoms with Crippen LogP contribution in [0.25, 0.3) is 32.5 Å². The molecule has 6 rings (SSSR count). The molecule has 1 N–H and O–H groups in total. The van der Waals surface area contributed by atoms with Crippen LogP contribution in [0.3, 0.4) is 0 Å². The molecular formula is C36H31NO3S. The maximum Gasteiger partial charge on any atom is 0.353 e. The van der Waals surface area contributed by atoms with Crippen molar-refractivity contribution in [3.63, 3.8) is 0 Å². The fourth-order valence-electron chi connectivity index (χ4n) is 5.26. The number of thiophene rings is 1. The lowest BCUT2D eigenvalue weighted by Crippen LogP contribution is -2.10. The summed E-state index contributed by atoms with van der Waals surface area (Å²) >= 11 is 1.55. The highest BCUT2D eigenvalue weighted by atomic mass is 32.1. The minimum atomic E-state index is -0.947. The van der Waals surface area contributed by atoms with Crippen LogP contribution in [-0.4, -0.2) is 15.6 Å². The number of rotatable bonds is 7. The zero-order chi connectivity index (χ0) is 28.6. The van der Waals surface area contributed by atoms with Crippen LogP contribution in [0.15, 0.2) is 115 Å². The average Bonchev–Trinajstić information content (AvgIpc) is 3.60. The molecular weight excluding hydrogens is 526 g/mol. The molecule has 0 saturated carbocycles. The van der Waals surface area contributed by atoms with Gasteiger partial charge in [-0.15, -0.1) is 11.3 Å². The first kappa shape index (κ1) is 26.6. The van der Waals surface area contributed by atoms with Crippen molar-refractivity contribution < 1.29 is 14.6 Å². The smallest absolute Gasteiger partial charge is 0.353 e. The third-order valence-electron chi connectivity index (χ3n) is 7.34. The molecule has 0 amide bonds. The van der Waals surface area contributed by atoms with Crippen LogP contribution in [0.1, 0.15) is 42.4 Å². The van der Waals surface area contributed by atoms with Gasteiger partial charge in [-0.05, 0) is 69.4 Å². The van der Waals surface area contributed by atoms with Gasteiger partial charge < -0.3 is 14.4 Å². The Morgan fingerprint density at radius 3 is 2.22 bits per heavy atom. The molecule has 0 fully saturated rings. The van der Waals surface area contributed by atoms with Crippen LogP contribution in [0.4, 0.5) is 0 Å². The summed E-state index contributed by atoms with van der Waals surface area (Å²) in [6.07, 6.45) is 0. The van der Waals surface area contributed by atoms with Gasteiger partial charge in [0.05, 0.1) is 5.52 Å². The van der Waals surface area contributed by atoms with Gasteiger partial charge in [-0.1, -0.05) is 93.6 Å². The number of fused-ring (bicyclic) bond motifs is 1. The van der Waals surface area contributed by atoms with E-state index >= 15 is 0 Å². The Labute approximate surface area is 244 Å². The summed E-state index contributed by atoms with van der Waals surface area (Å²) in [6.45, 7) is 7.02. The van der Waals surface area contributed by atoms with Crippen molar-refractivity contribution in [3.05, 3.63) is 131 Å². The van der Waals surface area contributed by atoms with Gasteiger partial charge in [-0.25, -0.2) is 4.79 Å². The first-order valence-electron chi connectivity index (χ1n) is 13.6. The van der Waals surface area contributed by atoms with Gasteiger partial charge in [0.1, 0.15) is 17.2 Å². The average molecular weight is 558 g/mol. The van der Waals surface area contributed by atoms with E-state index in [1.807, 2.05) is 76.7 Å². The molecule has 0 bridgehead atoms. The molecule has 2 aromatic heterocycles. The van der Waals surface area contributed by atoms with Gasteiger partial charge in [0, 0.05) is 22.4 Å². The Balaban J connectivity index is 1.48. The van der Waals surface area contributed by atoms with Gasteiger partial charge in [0.25, 0.3) is 0 Å². The van der Waals surface area contributed by atoms with Crippen molar-refractivity contribution >= 4 is 28.2 Å². The quantitative estimate of drug-likeness (QED) is 0.212. The predicted molar refractivity (Wildman–Crippen MR) is 168 cm³/mol. The third-order valence-corrected chi connectivity index (χ3v) is 8.22. The summed E-state index contributed by atoms with van der Waals surface area (Å²) in [5.41, 5.74) is 6.38. The minimum Gasteiger partial charge on any atom is -0.477 e. The maximum absolute atomic E-state index is 12.9. The predicted octanol–water partition coefficient (Wildman–Crippen LogP) is 9.87. The van der Waals surface area contributed by atoms with Gasteiger partial charge in [-0.2, -0.15) is 0 Å². The summed E-state index contributed by atoms with van der Waals surface area (Å²) < 4.78 is 8.00. The topological polar surface area (TPSA) is 51.5 Å². The van der Waals surface area contributed by atoms with Crippen molar-refractivity contribution in [2.24, 2.45) is 0 Å². The SMILES string of the molecule is CC(C)(C)c1ccc(-c2ccc3c(-c4cccs4)c(C(=O)O)n(Cc4cccc(Oc5ccccc5)c4)c3c2)cc1. The van der Waals surface area contributed by atoms with E-state index in [1.165, 1.54) is 5.56 Å². The molecule has 4 aromatic carbocycles. The second-order valence-electron chi connectivity index (χ2n) is 11.2. The van der Waals surface area contributed by atoms with E-state index in [0.717, 1.165) is 43.8 Å². The molecule has 0 unspecified atom stereocenters. The number of carbonyl (C=O) groups is 1. The van der Waals surface area contributed by atoms with E-state index < -0.39 is 5.97 Å². The minimum absolute atomic E-state index is 0.0714. The second kappa shape index (κ2) is 10.8. The monoisotopic (exact) mass is 557 g/mol. The molecule has 0 aliphatic rings. The number of carboxylic acids is 1. The van der Waals surface area contributed by atoms with E-state index in [9.17, 15) is 9.90 Å². The molecule has 0 atom stereocenters. The number of ether oxygens (including phenoxy) is 1. The van der Waals surface area contributed by atoms with Crippen LogP contribution in [0.5, 0.6) is 11.5 Å². The highest BCUT2D eigenvalue weighted by Crippen LogP contribution is 2.40. The highest BCUT2D eigenvalue weighted by Gasteiger charge is 2.25. The Morgan fingerprint density at radius 1 is 0.805 bits per heavy atom. The zero-order valence-electron chi connectivity index (χ0n) is 23.3. The number of aromatic nitrogens is 1. The van der Waals surface area contributed by atoms with E-state index in [-0.39, 0.29) is 11.1 Å². The summed E-state index contributed by atoms with van der Waals surface area (Å²) in [5, 5.41) is 13.4. The fraction of sp³-hybridized carbons (Fsp3) is 0.139. The largest absolute Gasteiger partial charge is 0.477 e. The Morgan fingerprint density at radius 2 is 1.54 bits per heavy atom.